The molecule has 0 bridgehead atoms. The molecule has 1 unspecified atom stereocenters. The van der Waals surface area contributed by atoms with Gasteiger partial charge in [-0.05, 0) is 38.3 Å². The lowest BCUT2D eigenvalue weighted by molar-refractivity contribution is 0.0676. The lowest BCUT2D eigenvalue weighted by Gasteiger charge is -2.43. The Morgan fingerprint density at radius 2 is 1.77 bits per heavy atom. The van der Waals surface area contributed by atoms with E-state index in [0.717, 1.165) is 12.5 Å². The standard InChI is InChI=1S/C11H22N2/c12-9-11(13-7-4-8-13)10-5-2-1-3-6-10/h10-11H,1-9,12H2. The van der Waals surface area contributed by atoms with Crippen LogP contribution in [0.25, 0.3) is 0 Å². The highest BCUT2D eigenvalue weighted by molar-refractivity contribution is 4.86. The average molecular weight is 182 g/mol. The van der Waals surface area contributed by atoms with E-state index < -0.39 is 0 Å². The summed E-state index contributed by atoms with van der Waals surface area (Å²) < 4.78 is 0. The van der Waals surface area contributed by atoms with Gasteiger partial charge in [-0.15, -0.1) is 0 Å². The largest absolute Gasteiger partial charge is 0.329 e. The Kier molecular flexibility index (Phi) is 3.23. The third kappa shape index (κ3) is 2.05. The lowest BCUT2D eigenvalue weighted by atomic mass is 9.82. The van der Waals surface area contributed by atoms with E-state index in [1.54, 1.807) is 0 Å². The first-order valence-electron chi connectivity index (χ1n) is 5.86. The Labute approximate surface area is 81.5 Å². The van der Waals surface area contributed by atoms with Crippen LogP contribution in [0.2, 0.25) is 0 Å². The van der Waals surface area contributed by atoms with Crippen molar-refractivity contribution in [3.8, 4) is 0 Å². The van der Waals surface area contributed by atoms with Crippen LogP contribution in [0, 0.1) is 5.92 Å². The van der Waals surface area contributed by atoms with Gasteiger partial charge in [0.1, 0.15) is 0 Å². The van der Waals surface area contributed by atoms with Crippen LogP contribution in [-0.4, -0.2) is 30.6 Å². The third-order valence-corrected chi connectivity index (χ3v) is 3.80. The fourth-order valence-corrected chi connectivity index (χ4v) is 2.83. The van der Waals surface area contributed by atoms with Gasteiger partial charge in [0.05, 0.1) is 0 Å². The maximum absolute atomic E-state index is 5.87. The van der Waals surface area contributed by atoms with Crippen molar-refractivity contribution >= 4 is 0 Å². The molecular formula is C11H22N2. The summed E-state index contributed by atoms with van der Waals surface area (Å²) in [6, 6.07) is 0.717. The Morgan fingerprint density at radius 1 is 1.08 bits per heavy atom. The fraction of sp³-hybridized carbons (Fsp3) is 1.00. The summed E-state index contributed by atoms with van der Waals surface area (Å²) in [7, 11) is 0. The summed E-state index contributed by atoms with van der Waals surface area (Å²) in [6.45, 7) is 3.49. The molecular weight excluding hydrogens is 160 g/mol. The number of hydrogen-bond acceptors (Lipinski definition) is 2. The molecule has 1 atom stereocenters. The second-order valence-corrected chi connectivity index (χ2v) is 4.59. The van der Waals surface area contributed by atoms with E-state index in [9.17, 15) is 0 Å². The number of likely N-dealkylation sites (tertiary alicyclic amines) is 1. The molecule has 0 aromatic carbocycles. The smallest absolute Gasteiger partial charge is 0.0246 e. The van der Waals surface area contributed by atoms with E-state index in [0.29, 0.717) is 6.04 Å². The predicted molar refractivity (Wildman–Crippen MR) is 55.6 cm³/mol. The normalized spacial score (nSPS) is 28.4. The topological polar surface area (TPSA) is 29.3 Å². The van der Waals surface area contributed by atoms with Crippen LogP contribution < -0.4 is 5.73 Å². The van der Waals surface area contributed by atoms with Crippen molar-refractivity contribution in [1.82, 2.24) is 4.90 Å². The van der Waals surface area contributed by atoms with Gasteiger partial charge in [-0.3, -0.25) is 4.90 Å². The van der Waals surface area contributed by atoms with Crippen LogP contribution in [-0.2, 0) is 0 Å². The average Bonchev–Trinajstić information content (AvgIpc) is 2.12. The zero-order valence-corrected chi connectivity index (χ0v) is 8.54. The van der Waals surface area contributed by atoms with E-state index in [-0.39, 0.29) is 0 Å². The summed E-state index contributed by atoms with van der Waals surface area (Å²) >= 11 is 0. The summed E-state index contributed by atoms with van der Waals surface area (Å²) in [5, 5.41) is 0. The maximum Gasteiger partial charge on any atom is 0.0246 e. The molecule has 1 aliphatic heterocycles. The maximum atomic E-state index is 5.87. The van der Waals surface area contributed by atoms with Crippen LogP contribution in [0.15, 0.2) is 0 Å². The minimum absolute atomic E-state index is 0.717. The summed E-state index contributed by atoms with van der Waals surface area (Å²) in [6.07, 6.45) is 8.58. The minimum Gasteiger partial charge on any atom is -0.329 e. The highest BCUT2D eigenvalue weighted by atomic mass is 15.2. The molecule has 2 N–H and O–H groups in total. The molecule has 2 nitrogen and oxygen atoms in total. The third-order valence-electron chi connectivity index (χ3n) is 3.80. The lowest BCUT2D eigenvalue weighted by Crippen LogP contribution is -2.52. The van der Waals surface area contributed by atoms with Crippen molar-refractivity contribution in [1.29, 1.82) is 0 Å². The highest BCUT2D eigenvalue weighted by Crippen LogP contribution is 2.30. The van der Waals surface area contributed by atoms with E-state index in [2.05, 4.69) is 4.90 Å². The molecule has 1 aliphatic carbocycles. The molecule has 0 radical (unpaired) electrons. The zero-order valence-electron chi connectivity index (χ0n) is 8.54. The highest BCUT2D eigenvalue weighted by Gasteiger charge is 2.30. The van der Waals surface area contributed by atoms with Crippen molar-refractivity contribution in [3.63, 3.8) is 0 Å². The minimum atomic E-state index is 0.717. The van der Waals surface area contributed by atoms with Gasteiger partial charge in [0.2, 0.25) is 0 Å². The molecule has 2 fully saturated rings. The van der Waals surface area contributed by atoms with Crippen molar-refractivity contribution in [2.75, 3.05) is 19.6 Å². The molecule has 2 rings (SSSR count). The van der Waals surface area contributed by atoms with Gasteiger partial charge >= 0.3 is 0 Å². The molecule has 1 saturated carbocycles. The first kappa shape index (κ1) is 9.47. The second kappa shape index (κ2) is 4.43. The Bertz CT molecular complexity index is 148. The fourth-order valence-electron chi connectivity index (χ4n) is 2.83. The van der Waals surface area contributed by atoms with Crippen molar-refractivity contribution in [3.05, 3.63) is 0 Å². The van der Waals surface area contributed by atoms with Crippen LogP contribution in [0.4, 0.5) is 0 Å². The van der Waals surface area contributed by atoms with Gasteiger partial charge in [0, 0.05) is 12.6 Å². The first-order valence-corrected chi connectivity index (χ1v) is 5.86. The van der Waals surface area contributed by atoms with Gasteiger partial charge in [-0.1, -0.05) is 19.3 Å². The molecule has 0 aromatic heterocycles. The van der Waals surface area contributed by atoms with Gasteiger partial charge < -0.3 is 5.73 Å². The van der Waals surface area contributed by atoms with Crippen LogP contribution >= 0.6 is 0 Å². The monoisotopic (exact) mass is 182 g/mol. The van der Waals surface area contributed by atoms with Gasteiger partial charge in [0.25, 0.3) is 0 Å². The Hall–Kier alpha value is -0.0800. The first-order chi connectivity index (χ1) is 6.42. The van der Waals surface area contributed by atoms with E-state index >= 15 is 0 Å². The molecule has 0 aromatic rings. The molecule has 0 spiro atoms. The number of rotatable bonds is 3. The molecule has 2 aliphatic rings. The second-order valence-electron chi connectivity index (χ2n) is 4.59. The Morgan fingerprint density at radius 3 is 2.23 bits per heavy atom. The molecule has 1 saturated heterocycles. The van der Waals surface area contributed by atoms with Crippen molar-refractivity contribution in [2.24, 2.45) is 11.7 Å². The van der Waals surface area contributed by atoms with Crippen molar-refractivity contribution < 1.29 is 0 Å². The van der Waals surface area contributed by atoms with E-state index in [4.69, 9.17) is 5.73 Å². The molecule has 13 heavy (non-hydrogen) atoms. The van der Waals surface area contributed by atoms with Gasteiger partial charge in [-0.2, -0.15) is 0 Å². The summed E-state index contributed by atoms with van der Waals surface area (Å²) in [5.41, 5.74) is 5.87. The Balaban J connectivity index is 1.86. The van der Waals surface area contributed by atoms with E-state index in [1.165, 1.54) is 51.6 Å². The van der Waals surface area contributed by atoms with Crippen LogP contribution in [0.3, 0.4) is 0 Å². The SMILES string of the molecule is NCC(C1CCCCC1)N1CCC1. The van der Waals surface area contributed by atoms with E-state index in [1.807, 2.05) is 0 Å². The van der Waals surface area contributed by atoms with Gasteiger partial charge in [0.15, 0.2) is 0 Å². The zero-order chi connectivity index (χ0) is 9.10. The quantitative estimate of drug-likeness (QED) is 0.718. The predicted octanol–water partition coefficient (Wildman–Crippen LogP) is 1.60. The summed E-state index contributed by atoms with van der Waals surface area (Å²) in [5.74, 6) is 0.916. The van der Waals surface area contributed by atoms with Crippen LogP contribution in [0.5, 0.6) is 0 Å². The molecule has 2 heteroatoms. The number of hydrogen-bond donors (Lipinski definition) is 1. The molecule has 76 valence electrons. The number of nitrogens with zero attached hydrogens (tertiary/aromatic N) is 1. The van der Waals surface area contributed by atoms with Crippen molar-refractivity contribution in [2.45, 2.75) is 44.6 Å². The molecule has 0 amide bonds. The molecule has 1 heterocycles. The van der Waals surface area contributed by atoms with Gasteiger partial charge in [-0.25, -0.2) is 0 Å². The number of nitrogens with two attached hydrogens (primary N) is 1. The van der Waals surface area contributed by atoms with Crippen LogP contribution in [0.1, 0.15) is 38.5 Å². The summed E-state index contributed by atoms with van der Waals surface area (Å²) in [4.78, 5) is 2.59.